The first-order chi connectivity index (χ1) is 18.5. The monoisotopic (exact) mass is 597 g/mol. The Labute approximate surface area is 241 Å². The Balaban J connectivity index is 1.80. The molecule has 2 aromatic rings. The highest BCUT2D eigenvalue weighted by molar-refractivity contribution is 7.92. The second-order valence-electron chi connectivity index (χ2n) is 9.78. The van der Waals surface area contributed by atoms with Gasteiger partial charge in [0.05, 0.1) is 19.1 Å². The lowest BCUT2D eigenvalue weighted by molar-refractivity contribution is -0.141. The smallest absolute Gasteiger partial charge is 0.243 e. The van der Waals surface area contributed by atoms with Crippen LogP contribution in [0.25, 0.3) is 0 Å². The summed E-state index contributed by atoms with van der Waals surface area (Å²) in [4.78, 5) is 28.5. The molecule has 8 nitrogen and oxygen atoms in total. The van der Waals surface area contributed by atoms with Crippen LogP contribution in [-0.4, -0.2) is 57.1 Å². The highest BCUT2D eigenvalue weighted by Gasteiger charge is 2.31. The minimum absolute atomic E-state index is 0.0330. The van der Waals surface area contributed by atoms with Crippen molar-refractivity contribution < 1.29 is 22.7 Å². The quantitative estimate of drug-likeness (QED) is 0.333. The molecule has 39 heavy (non-hydrogen) atoms. The predicted molar refractivity (Wildman–Crippen MR) is 156 cm³/mol. The van der Waals surface area contributed by atoms with Crippen molar-refractivity contribution in [2.45, 2.75) is 70.5 Å². The third-order valence-corrected chi connectivity index (χ3v) is 8.87. The van der Waals surface area contributed by atoms with E-state index >= 15 is 0 Å². The molecule has 0 spiro atoms. The zero-order valence-corrected chi connectivity index (χ0v) is 25.0. The number of sulfonamides is 1. The van der Waals surface area contributed by atoms with Gasteiger partial charge in [-0.1, -0.05) is 55.1 Å². The van der Waals surface area contributed by atoms with E-state index < -0.39 is 16.1 Å². The predicted octanol–water partition coefficient (Wildman–Crippen LogP) is 5.41. The summed E-state index contributed by atoms with van der Waals surface area (Å²) in [7, 11) is -2.11. The number of benzene rings is 2. The molecular formula is C28H37Cl2N3O5S. The Morgan fingerprint density at radius 2 is 1.74 bits per heavy atom. The number of hydrogen-bond donors (Lipinski definition) is 1. The van der Waals surface area contributed by atoms with Crippen LogP contribution in [0.1, 0.15) is 57.4 Å². The molecule has 1 N–H and O–H groups in total. The molecule has 2 amide bonds. The lowest BCUT2D eigenvalue weighted by Gasteiger charge is -2.32. The number of hydrogen-bond acceptors (Lipinski definition) is 5. The second kappa shape index (κ2) is 14.2. The SMILES string of the molecule is CC[C@@H](C(=O)NC1CCCC1)N(Cc1c(Cl)cccc1Cl)C(=O)CCCN(c1cccc(OC)c1)S(C)(=O)=O. The second-order valence-corrected chi connectivity index (χ2v) is 12.5. The topological polar surface area (TPSA) is 96.0 Å². The van der Waals surface area contributed by atoms with Gasteiger partial charge in [0, 0.05) is 47.2 Å². The number of nitrogens with one attached hydrogen (secondary N) is 1. The molecule has 214 valence electrons. The first kappa shape index (κ1) is 31.0. The van der Waals surface area contributed by atoms with E-state index in [1.807, 2.05) is 6.92 Å². The van der Waals surface area contributed by atoms with Crippen molar-refractivity contribution in [1.82, 2.24) is 10.2 Å². The van der Waals surface area contributed by atoms with E-state index in [9.17, 15) is 18.0 Å². The van der Waals surface area contributed by atoms with Gasteiger partial charge >= 0.3 is 0 Å². The lowest BCUT2D eigenvalue weighted by Crippen LogP contribution is -2.51. The van der Waals surface area contributed by atoms with Crippen molar-refractivity contribution >= 4 is 50.7 Å². The minimum Gasteiger partial charge on any atom is -0.497 e. The minimum atomic E-state index is -3.61. The van der Waals surface area contributed by atoms with Crippen LogP contribution in [0.2, 0.25) is 10.0 Å². The Hall–Kier alpha value is -2.49. The van der Waals surface area contributed by atoms with Gasteiger partial charge in [-0.25, -0.2) is 8.42 Å². The van der Waals surface area contributed by atoms with Crippen LogP contribution in [0, 0.1) is 0 Å². The number of carbonyl (C=O) groups excluding carboxylic acids is 2. The molecule has 0 unspecified atom stereocenters. The van der Waals surface area contributed by atoms with Crippen LogP contribution in [-0.2, 0) is 26.2 Å². The number of carbonyl (C=O) groups is 2. The fraction of sp³-hybridized carbons (Fsp3) is 0.500. The molecule has 11 heteroatoms. The summed E-state index contributed by atoms with van der Waals surface area (Å²) in [5, 5.41) is 3.93. The maximum Gasteiger partial charge on any atom is 0.243 e. The average molecular weight is 599 g/mol. The van der Waals surface area contributed by atoms with Crippen molar-refractivity contribution in [3.05, 3.63) is 58.1 Å². The van der Waals surface area contributed by atoms with Crippen LogP contribution in [0.3, 0.4) is 0 Å². The third-order valence-electron chi connectivity index (χ3n) is 6.97. The number of nitrogens with zero attached hydrogens (tertiary/aromatic N) is 2. The molecule has 1 fully saturated rings. The van der Waals surface area contributed by atoms with Crippen LogP contribution in [0.5, 0.6) is 5.75 Å². The van der Waals surface area contributed by atoms with Gasteiger partial charge in [0.25, 0.3) is 0 Å². The fourth-order valence-corrected chi connectivity index (χ4v) is 6.38. The van der Waals surface area contributed by atoms with Crippen molar-refractivity contribution in [1.29, 1.82) is 0 Å². The molecule has 1 saturated carbocycles. The third kappa shape index (κ3) is 8.50. The van der Waals surface area contributed by atoms with Crippen molar-refractivity contribution in [2.24, 2.45) is 0 Å². The average Bonchev–Trinajstić information content (AvgIpc) is 3.40. The number of methoxy groups -OCH3 is 1. The van der Waals surface area contributed by atoms with Gasteiger partial charge in [-0.3, -0.25) is 13.9 Å². The normalized spacial score (nSPS) is 14.6. The number of amides is 2. The maximum atomic E-state index is 13.7. The zero-order valence-electron chi connectivity index (χ0n) is 22.7. The van der Waals surface area contributed by atoms with Crippen molar-refractivity contribution in [2.75, 3.05) is 24.2 Å². The summed E-state index contributed by atoms with van der Waals surface area (Å²) in [5.41, 5.74) is 1.02. The lowest BCUT2D eigenvalue weighted by atomic mass is 10.1. The molecule has 0 saturated heterocycles. The van der Waals surface area contributed by atoms with Crippen LogP contribution < -0.4 is 14.4 Å². The number of rotatable bonds is 13. The maximum absolute atomic E-state index is 13.7. The Kier molecular flexibility index (Phi) is 11.3. The fourth-order valence-electron chi connectivity index (χ4n) is 4.91. The Bertz CT molecular complexity index is 1230. The first-order valence-corrected chi connectivity index (χ1v) is 15.8. The number of anilines is 1. The van der Waals surface area contributed by atoms with Crippen LogP contribution >= 0.6 is 23.2 Å². The van der Waals surface area contributed by atoms with E-state index in [-0.39, 0.29) is 43.8 Å². The summed E-state index contributed by atoms with van der Waals surface area (Å²) in [6, 6.07) is 11.3. The molecule has 1 aliphatic rings. The summed E-state index contributed by atoms with van der Waals surface area (Å²) < 4.78 is 31.6. The molecule has 2 aromatic carbocycles. The van der Waals surface area contributed by atoms with Gasteiger partial charge in [-0.15, -0.1) is 0 Å². The van der Waals surface area contributed by atoms with Gasteiger partial charge in [0.1, 0.15) is 11.8 Å². The van der Waals surface area contributed by atoms with Crippen molar-refractivity contribution in [3.63, 3.8) is 0 Å². The molecular weight excluding hydrogens is 561 g/mol. The molecule has 3 rings (SSSR count). The van der Waals surface area contributed by atoms with E-state index in [0.29, 0.717) is 33.5 Å². The van der Waals surface area contributed by atoms with Gasteiger partial charge in [0.15, 0.2) is 0 Å². The van der Waals surface area contributed by atoms with E-state index in [1.165, 1.54) is 16.3 Å². The van der Waals surface area contributed by atoms with Crippen molar-refractivity contribution in [3.8, 4) is 5.75 Å². The van der Waals surface area contributed by atoms with E-state index in [0.717, 1.165) is 31.9 Å². The molecule has 0 aromatic heterocycles. The molecule has 0 aliphatic heterocycles. The van der Waals surface area contributed by atoms with Gasteiger partial charge in [-0.2, -0.15) is 0 Å². The van der Waals surface area contributed by atoms with E-state index in [1.54, 1.807) is 42.5 Å². The summed E-state index contributed by atoms with van der Waals surface area (Å²) in [5.74, 6) is 0.0488. The number of halogens is 2. The van der Waals surface area contributed by atoms with Gasteiger partial charge in [0.2, 0.25) is 21.8 Å². The summed E-state index contributed by atoms with van der Waals surface area (Å²) in [6.07, 6.45) is 5.82. The highest BCUT2D eigenvalue weighted by Crippen LogP contribution is 2.28. The van der Waals surface area contributed by atoms with E-state index in [4.69, 9.17) is 27.9 Å². The van der Waals surface area contributed by atoms with Gasteiger partial charge < -0.3 is 15.0 Å². The standard InChI is InChI=1S/C28H37Cl2N3O5S/c1-4-26(28(35)31-20-10-5-6-11-20)32(19-23-24(29)14-8-15-25(23)30)27(34)16-9-17-33(39(3,36)37)21-12-7-13-22(18-21)38-2/h7-8,12-15,18,20,26H,4-6,9-11,16-17,19H2,1-3H3,(H,31,35)/t26-/m0/s1. The van der Waals surface area contributed by atoms with Crippen LogP contribution in [0.15, 0.2) is 42.5 Å². The molecule has 1 atom stereocenters. The molecule has 0 radical (unpaired) electrons. The Morgan fingerprint density at radius 3 is 2.33 bits per heavy atom. The largest absolute Gasteiger partial charge is 0.497 e. The molecule has 0 heterocycles. The van der Waals surface area contributed by atoms with Gasteiger partial charge in [-0.05, 0) is 49.9 Å². The highest BCUT2D eigenvalue weighted by atomic mass is 35.5. The molecule has 0 bridgehead atoms. The number of ether oxygens (including phenoxy) is 1. The summed E-state index contributed by atoms with van der Waals surface area (Å²) >= 11 is 12.9. The first-order valence-electron chi connectivity index (χ1n) is 13.2. The van der Waals surface area contributed by atoms with Crippen LogP contribution in [0.4, 0.5) is 5.69 Å². The zero-order chi connectivity index (χ0) is 28.6. The Morgan fingerprint density at radius 1 is 1.10 bits per heavy atom. The van der Waals surface area contributed by atoms with E-state index in [2.05, 4.69) is 5.32 Å². The summed E-state index contributed by atoms with van der Waals surface area (Å²) in [6.45, 7) is 2.02. The molecule has 1 aliphatic carbocycles.